The largest absolute Gasteiger partial charge is 0.497 e. The Hall–Kier alpha value is -1.76. The molecule has 1 N–H and O–H groups in total. The predicted molar refractivity (Wildman–Crippen MR) is 110 cm³/mol. The topological polar surface area (TPSA) is 34.2 Å². The maximum Gasteiger partial charge on any atom is 0.497 e. The summed E-state index contributed by atoms with van der Waals surface area (Å²) >= 11 is 1.70. The maximum atomic E-state index is 14.5. The summed E-state index contributed by atoms with van der Waals surface area (Å²) in [6.45, 7) is 7.89. The number of hydrogen-bond acceptors (Lipinski definition) is 3. The molecule has 1 aliphatic heterocycles. The Kier molecular flexibility index (Phi) is 4.61. The summed E-state index contributed by atoms with van der Waals surface area (Å²) < 4.78 is 26.5. The number of fused-ring (bicyclic) bond motifs is 1. The molecule has 1 aliphatic rings. The normalized spacial score (nSPS) is 18.3. The summed E-state index contributed by atoms with van der Waals surface area (Å²) in [5.74, 6) is 0.437. The number of benzene rings is 2. The molecule has 3 aromatic rings. The molecule has 1 saturated heterocycles. The van der Waals surface area contributed by atoms with Gasteiger partial charge in [-0.05, 0) is 51.5 Å². The lowest BCUT2D eigenvalue weighted by Gasteiger charge is -2.32. The number of aromatic amines is 1. The molecule has 27 heavy (non-hydrogen) atoms. The first-order valence-electron chi connectivity index (χ1n) is 9.10. The first-order chi connectivity index (χ1) is 12.7. The van der Waals surface area contributed by atoms with E-state index in [2.05, 4.69) is 23.2 Å². The van der Waals surface area contributed by atoms with E-state index in [-0.39, 0.29) is 5.82 Å². The molecule has 0 saturated carbocycles. The highest BCUT2D eigenvalue weighted by Crippen LogP contribution is 2.36. The van der Waals surface area contributed by atoms with Gasteiger partial charge < -0.3 is 14.3 Å². The Labute approximate surface area is 163 Å². The Morgan fingerprint density at radius 3 is 2.41 bits per heavy atom. The highest BCUT2D eigenvalue weighted by Gasteiger charge is 2.52. The Morgan fingerprint density at radius 2 is 1.70 bits per heavy atom. The molecule has 140 valence electrons. The van der Waals surface area contributed by atoms with E-state index in [0.29, 0.717) is 5.46 Å². The average molecular weight is 383 g/mol. The maximum absolute atomic E-state index is 14.5. The van der Waals surface area contributed by atoms with Crippen molar-refractivity contribution in [2.24, 2.45) is 0 Å². The van der Waals surface area contributed by atoms with Crippen molar-refractivity contribution >= 4 is 35.2 Å². The number of rotatable bonds is 4. The van der Waals surface area contributed by atoms with E-state index >= 15 is 0 Å². The van der Waals surface area contributed by atoms with Gasteiger partial charge in [0.2, 0.25) is 0 Å². The monoisotopic (exact) mass is 383 g/mol. The van der Waals surface area contributed by atoms with Crippen LogP contribution in [0.15, 0.2) is 53.6 Å². The minimum absolute atomic E-state index is 0.298. The third kappa shape index (κ3) is 3.54. The van der Waals surface area contributed by atoms with E-state index in [0.717, 1.165) is 21.9 Å². The van der Waals surface area contributed by atoms with Gasteiger partial charge in [-0.3, -0.25) is 0 Å². The summed E-state index contributed by atoms with van der Waals surface area (Å²) in [4.78, 5) is 3.41. The van der Waals surface area contributed by atoms with Crippen molar-refractivity contribution < 1.29 is 13.7 Å². The zero-order valence-electron chi connectivity index (χ0n) is 16.0. The molecule has 6 heteroatoms. The van der Waals surface area contributed by atoms with Crippen molar-refractivity contribution in [3.63, 3.8) is 0 Å². The number of H-pyrrole nitrogens is 1. The van der Waals surface area contributed by atoms with E-state index in [1.54, 1.807) is 11.8 Å². The number of hydrogen-bond donors (Lipinski definition) is 1. The molecule has 0 spiro atoms. The average Bonchev–Trinajstić information content (AvgIpc) is 3.11. The van der Waals surface area contributed by atoms with Crippen LogP contribution in [0.3, 0.4) is 0 Å². The molecule has 2 aromatic carbocycles. The number of thioether (sulfide) groups is 1. The van der Waals surface area contributed by atoms with Crippen LogP contribution in [0.1, 0.15) is 33.3 Å². The summed E-state index contributed by atoms with van der Waals surface area (Å²) in [6, 6.07) is 15.5. The van der Waals surface area contributed by atoms with Gasteiger partial charge in [0.25, 0.3) is 0 Å². The Morgan fingerprint density at radius 1 is 1.00 bits per heavy atom. The lowest BCUT2D eigenvalue weighted by atomic mass is 9.78. The van der Waals surface area contributed by atoms with Crippen molar-refractivity contribution in [1.29, 1.82) is 0 Å². The van der Waals surface area contributed by atoms with Crippen LogP contribution in [-0.4, -0.2) is 23.3 Å². The zero-order chi connectivity index (χ0) is 19.2. The zero-order valence-corrected chi connectivity index (χ0v) is 16.8. The molecular formula is C21H23BFNO2S. The van der Waals surface area contributed by atoms with Gasteiger partial charge in [0.05, 0.1) is 16.2 Å². The second kappa shape index (κ2) is 6.69. The van der Waals surface area contributed by atoms with Crippen LogP contribution in [-0.2, 0) is 15.1 Å². The van der Waals surface area contributed by atoms with Crippen molar-refractivity contribution in [1.82, 2.24) is 4.98 Å². The van der Waals surface area contributed by atoms with Gasteiger partial charge in [0.15, 0.2) is 0 Å². The van der Waals surface area contributed by atoms with Crippen LogP contribution < -0.4 is 5.46 Å². The van der Waals surface area contributed by atoms with Gasteiger partial charge >= 0.3 is 7.12 Å². The lowest BCUT2D eigenvalue weighted by Crippen LogP contribution is -2.41. The SMILES string of the molecule is CC1(C)OB(c2cc(CSc3cc4ccccc4[nH]3)ccc2F)OC1(C)C. The van der Waals surface area contributed by atoms with Crippen LogP contribution in [0.4, 0.5) is 4.39 Å². The smallest absolute Gasteiger partial charge is 0.399 e. The van der Waals surface area contributed by atoms with Gasteiger partial charge in [0, 0.05) is 22.1 Å². The van der Waals surface area contributed by atoms with E-state index in [1.165, 1.54) is 11.5 Å². The molecular weight excluding hydrogens is 360 g/mol. The third-order valence-corrected chi connectivity index (χ3v) is 6.48. The Balaban J connectivity index is 1.52. The number of halogens is 1. The number of para-hydroxylation sites is 1. The van der Waals surface area contributed by atoms with Crippen LogP contribution in [0, 0.1) is 5.82 Å². The molecule has 4 rings (SSSR count). The van der Waals surface area contributed by atoms with Crippen molar-refractivity contribution in [2.45, 2.75) is 49.7 Å². The van der Waals surface area contributed by atoms with Crippen LogP contribution in [0.25, 0.3) is 10.9 Å². The molecule has 2 heterocycles. The predicted octanol–water partition coefficient (Wildman–Crippen LogP) is 4.90. The van der Waals surface area contributed by atoms with Crippen LogP contribution in [0.5, 0.6) is 0 Å². The molecule has 0 atom stereocenters. The summed E-state index contributed by atoms with van der Waals surface area (Å²) in [5.41, 5.74) is 1.64. The second-order valence-electron chi connectivity index (χ2n) is 7.95. The van der Waals surface area contributed by atoms with E-state index < -0.39 is 18.3 Å². The van der Waals surface area contributed by atoms with E-state index in [1.807, 2.05) is 52.0 Å². The van der Waals surface area contributed by atoms with Gasteiger partial charge in [0.1, 0.15) is 5.82 Å². The lowest BCUT2D eigenvalue weighted by molar-refractivity contribution is 0.00578. The molecule has 3 nitrogen and oxygen atoms in total. The van der Waals surface area contributed by atoms with Crippen molar-refractivity contribution in [2.75, 3.05) is 0 Å². The summed E-state index contributed by atoms with van der Waals surface area (Å²) in [6.07, 6.45) is 0. The summed E-state index contributed by atoms with van der Waals surface area (Å²) in [7, 11) is -0.687. The first-order valence-corrected chi connectivity index (χ1v) is 10.1. The first kappa shape index (κ1) is 18.6. The van der Waals surface area contributed by atoms with Gasteiger partial charge in [-0.1, -0.05) is 30.3 Å². The van der Waals surface area contributed by atoms with Crippen LogP contribution >= 0.6 is 11.8 Å². The fourth-order valence-electron chi connectivity index (χ4n) is 3.12. The molecule has 0 unspecified atom stereocenters. The summed E-state index contributed by atoms with van der Waals surface area (Å²) in [5, 5.41) is 2.29. The number of aromatic nitrogens is 1. The van der Waals surface area contributed by atoms with Crippen LogP contribution in [0.2, 0.25) is 0 Å². The van der Waals surface area contributed by atoms with Crippen molar-refractivity contribution in [3.05, 3.63) is 59.9 Å². The minimum Gasteiger partial charge on any atom is -0.399 e. The molecule has 0 amide bonds. The fraction of sp³-hybridized carbons (Fsp3) is 0.333. The molecule has 0 aliphatic carbocycles. The quantitative estimate of drug-likeness (QED) is 0.514. The fourth-order valence-corrected chi connectivity index (χ4v) is 4.01. The minimum atomic E-state index is -0.687. The van der Waals surface area contributed by atoms with Gasteiger partial charge in [-0.2, -0.15) is 0 Å². The van der Waals surface area contributed by atoms with Crippen molar-refractivity contribution in [3.8, 4) is 0 Å². The number of nitrogens with one attached hydrogen (secondary N) is 1. The third-order valence-electron chi connectivity index (χ3n) is 5.47. The second-order valence-corrected chi connectivity index (χ2v) is 8.97. The highest BCUT2D eigenvalue weighted by molar-refractivity contribution is 7.98. The molecule has 0 radical (unpaired) electrons. The highest BCUT2D eigenvalue weighted by atomic mass is 32.2. The molecule has 1 fully saturated rings. The Bertz CT molecular complexity index is 936. The molecule has 0 bridgehead atoms. The van der Waals surface area contributed by atoms with Gasteiger partial charge in [-0.15, -0.1) is 11.8 Å². The standard InChI is InChI=1S/C21H23BFNO2S/c1-20(2)21(3,4)26-22(25-20)16-11-14(9-10-17(16)23)13-27-19-12-15-7-5-6-8-18(15)24-19/h5-12,24H,13H2,1-4H3. The van der Waals surface area contributed by atoms with E-state index in [9.17, 15) is 4.39 Å². The molecule has 1 aromatic heterocycles. The van der Waals surface area contributed by atoms with E-state index in [4.69, 9.17) is 9.31 Å². The van der Waals surface area contributed by atoms with Gasteiger partial charge in [-0.25, -0.2) is 4.39 Å².